The van der Waals surface area contributed by atoms with Crippen molar-refractivity contribution in [2.45, 2.75) is 25.3 Å². The van der Waals surface area contributed by atoms with E-state index >= 15 is 0 Å². The maximum atomic E-state index is 15.0. The Hall–Kier alpha value is -4.66. The van der Waals surface area contributed by atoms with Gasteiger partial charge in [-0.25, -0.2) is 14.2 Å². The smallest absolute Gasteiger partial charge is 0.345 e. The number of morpholine rings is 1. The number of benzene rings is 1. The number of fused-ring (bicyclic) bond motifs is 1. The van der Waals surface area contributed by atoms with Crippen molar-refractivity contribution < 1.29 is 31.5 Å². The molecule has 0 unspecified atom stereocenters. The first kappa shape index (κ1) is 25.3. The number of nitrogens with one attached hydrogen (secondary N) is 2. The summed E-state index contributed by atoms with van der Waals surface area (Å²) in [6.45, 7) is -2.82. The van der Waals surface area contributed by atoms with E-state index < -0.39 is 42.7 Å². The summed E-state index contributed by atoms with van der Waals surface area (Å²) in [5.74, 6) is -0.659. The molecule has 15 heteroatoms. The summed E-state index contributed by atoms with van der Waals surface area (Å²) in [4.78, 5) is 32.0. The van der Waals surface area contributed by atoms with Gasteiger partial charge in [-0.1, -0.05) is 6.07 Å². The number of carbonyl (C=O) groups excluding carboxylic acids is 1. The fraction of sp³-hybridized carbons (Fsp3) is 0.269. The molecule has 0 saturated carbocycles. The van der Waals surface area contributed by atoms with Crippen molar-refractivity contribution >= 4 is 22.6 Å². The fourth-order valence-electron chi connectivity index (χ4n) is 5.71. The molecule has 41 heavy (non-hydrogen) atoms. The van der Waals surface area contributed by atoms with Crippen molar-refractivity contribution in [3.05, 3.63) is 70.7 Å². The third-order valence-corrected chi connectivity index (χ3v) is 7.30. The number of pyridine rings is 1. The Labute approximate surface area is 226 Å². The van der Waals surface area contributed by atoms with Crippen molar-refractivity contribution in [1.82, 2.24) is 33.9 Å². The van der Waals surface area contributed by atoms with Crippen molar-refractivity contribution in [1.29, 1.82) is 0 Å². The molecule has 0 spiro atoms. The highest BCUT2D eigenvalue weighted by Gasteiger charge is 2.53. The van der Waals surface area contributed by atoms with Gasteiger partial charge in [-0.15, -0.1) is 0 Å². The molecule has 212 valence electrons. The van der Waals surface area contributed by atoms with Crippen LogP contribution in [0.1, 0.15) is 5.56 Å². The molecule has 4 aromatic heterocycles. The Kier molecular flexibility index (Phi) is 5.35. The minimum Gasteiger partial charge on any atom is -0.345 e. The molecule has 5 aromatic rings. The van der Waals surface area contributed by atoms with Gasteiger partial charge in [0.05, 0.1) is 28.7 Å². The molecule has 1 saturated heterocycles. The second-order valence-corrected chi connectivity index (χ2v) is 10.0. The summed E-state index contributed by atoms with van der Waals surface area (Å²) < 4.78 is 77.2. The van der Waals surface area contributed by atoms with Crippen LogP contribution in [0.2, 0.25) is 0 Å². The maximum absolute atomic E-state index is 15.0. The van der Waals surface area contributed by atoms with E-state index in [0.29, 0.717) is 44.0 Å². The summed E-state index contributed by atoms with van der Waals surface area (Å²) in [5, 5.41) is 5.88. The van der Waals surface area contributed by atoms with Crippen LogP contribution in [0.25, 0.3) is 39.1 Å². The van der Waals surface area contributed by atoms with Crippen LogP contribution >= 0.6 is 0 Å². The molecule has 2 amide bonds. The van der Waals surface area contributed by atoms with Crippen LogP contribution in [0.15, 0.2) is 53.7 Å². The number of halogens is 5. The first-order valence-electron chi connectivity index (χ1n) is 12.5. The van der Waals surface area contributed by atoms with Gasteiger partial charge in [0.25, 0.3) is 5.56 Å². The molecular formula is C26H20F5N7O3. The summed E-state index contributed by atoms with van der Waals surface area (Å²) in [5.41, 5.74) is 2.76. The molecule has 2 aliphatic heterocycles. The molecule has 2 N–H and O–H groups in total. The number of carbonyl (C=O) groups is 1. The molecule has 7 rings (SSSR count). The number of aromatic nitrogens is 5. The first-order chi connectivity index (χ1) is 19.5. The molecule has 1 fully saturated rings. The largest absolute Gasteiger partial charge is 0.377 e. The van der Waals surface area contributed by atoms with Crippen LogP contribution in [-0.4, -0.2) is 71.8 Å². The summed E-state index contributed by atoms with van der Waals surface area (Å²) in [7, 11) is 0. The molecular weight excluding hydrogens is 553 g/mol. The number of aromatic amines is 2. The van der Waals surface area contributed by atoms with Gasteiger partial charge in [-0.05, 0) is 29.8 Å². The SMILES string of the molecule is O=C(N1CCn2cc(-c3c(-c4cnc5ccccn45)[nH][nH]c3=O)c3cc(F)cc(c32)C1)N1CC(F)(F)OC(F)(F)C1. The number of hydrogen-bond acceptors (Lipinski definition) is 4. The van der Waals surface area contributed by atoms with Gasteiger partial charge in [0, 0.05) is 43.0 Å². The quantitative estimate of drug-likeness (QED) is 0.309. The number of rotatable bonds is 2. The molecule has 6 heterocycles. The molecule has 2 aliphatic rings. The van der Waals surface area contributed by atoms with Gasteiger partial charge in [0.2, 0.25) is 0 Å². The van der Waals surface area contributed by atoms with Crippen LogP contribution in [0.5, 0.6) is 0 Å². The van der Waals surface area contributed by atoms with Crippen LogP contribution < -0.4 is 5.56 Å². The lowest BCUT2D eigenvalue weighted by atomic mass is 10.0. The Bertz CT molecular complexity index is 1890. The van der Waals surface area contributed by atoms with Gasteiger partial charge in [-0.3, -0.25) is 24.1 Å². The maximum Gasteiger partial charge on any atom is 0.377 e. The van der Waals surface area contributed by atoms with E-state index in [-0.39, 0.29) is 25.2 Å². The minimum atomic E-state index is -4.22. The number of amides is 2. The highest BCUT2D eigenvalue weighted by molar-refractivity contribution is 6.00. The topological polar surface area (TPSA) is 104 Å². The van der Waals surface area contributed by atoms with E-state index in [1.165, 1.54) is 12.1 Å². The molecule has 10 nitrogen and oxygen atoms in total. The summed E-state index contributed by atoms with van der Waals surface area (Å²) in [6, 6.07) is 6.87. The zero-order valence-electron chi connectivity index (χ0n) is 21.0. The third kappa shape index (κ3) is 4.15. The standard InChI is InChI=1S/C26H20F5N7O3/c27-15-7-14-10-36(24(40)37-12-25(28,29)41-26(30,31)13-37)6-5-35-11-17(16(8-15)22(14)35)20-21(33-34-23(20)39)18-9-32-19-3-1-2-4-38(18)19/h1-4,7-9,11H,5-6,10,12-13H2,(H2,33,34,39). The zero-order chi connectivity index (χ0) is 28.7. The Morgan fingerprint density at radius 1 is 1.02 bits per heavy atom. The zero-order valence-corrected chi connectivity index (χ0v) is 21.0. The van der Waals surface area contributed by atoms with Crippen molar-refractivity contribution in [2.24, 2.45) is 0 Å². The molecule has 0 radical (unpaired) electrons. The minimum absolute atomic E-state index is 0.0452. The Morgan fingerprint density at radius 2 is 1.80 bits per heavy atom. The molecule has 0 bridgehead atoms. The monoisotopic (exact) mass is 573 g/mol. The van der Waals surface area contributed by atoms with E-state index in [1.54, 1.807) is 33.6 Å². The lowest BCUT2D eigenvalue weighted by molar-refractivity contribution is -0.400. The predicted octanol–water partition coefficient (Wildman–Crippen LogP) is 4.23. The molecule has 0 aliphatic carbocycles. The molecule has 0 atom stereocenters. The number of H-pyrrole nitrogens is 2. The average molecular weight is 573 g/mol. The van der Waals surface area contributed by atoms with E-state index in [1.807, 2.05) is 12.1 Å². The van der Waals surface area contributed by atoms with Crippen molar-refractivity contribution in [3.8, 4) is 22.5 Å². The summed E-state index contributed by atoms with van der Waals surface area (Å²) >= 11 is 0. The number of ether oxygens (including phenoxy) is 1. The van der Waals surface area contributed by atoms with E-state index in [4.69, 9.17) is 0 Å². The van der Waals surface area contributed by atoms with E-state index in [2.05, 4.69) is 19.9 Å². The lowest BCUT2D eigenvalue weighted by Crippen LogP contribution is -2.59. The predicted molar refractivity (Wildman–Crippen MR) is 135 cm³/mol. The van der Waals surface area contributed by atoms with Crippen molar-refractivity contribution in [3.63, 3.8) is 0 Å². The van der Waals surface area contributed by atoms with Crippen LogP contribution in [0.3, 0.4) is 0 Å². The van der Waals surface area contributed by atoms with Gasteiger partial charge in [-0.2, -0.15) is 17.6 Å². The number of imidazole rings is 1. The van der Waals surface area contributed by atoms with Crippen LogP contribution in [0.4, 0.5) is 26.7 Å². The highest BCUT2D eigenvalue weighted by Crippen LogP contribution is 2.38. The van der Waals surface area contributed by atoms with Gasteiger partial charge >= 0.3 is 18.2 Å². The summed E-state index contributed by atoms with van der Waals surface area (Å²) in [6.07, 6.45) is -3.40. The lowest BCUT2D eigenvalue weighted by Gasteiger charge is -2.39. The second-order valence-electron chi connectivity index (χ2n) is 10.0. The first-order valence-corrected chi connectivity index (χ1v) is 12.5. The Morgan fingerprint density at radius 3 is 2.59 bits per heavy atom. The normalized spacial score (nSPS) is 18.3. The van der Waals surface area contributed by atoms with Gasteiger partial charge in [0.15, 0.2) is 0 Å². The third-order valence-electron chi connectivity index (χ3n) is 7.30. The van der Waals surface area contributed by atoms with Crippen LogP contribution in [0, 0.1) is 5.82 Å². The van der Waals surface area contributed by atoms with E-state index in [9.17, 15) is 31.5 Å². The average Bonchev–Trinajstić information content (AvgIpc) is 3.55. The fourth-order valence-corrected chi connectivity index (χ4v) is 5.71. The van der Waals surface area contributed by atoms with Crippen molar-refractivity contribution in [2.75, 3.05) is 19.6 Å². The van der Waals surface area contributed by atoms with Gasteiger partial charge < -0.3 is 14.4 Å². The number of alkyl halides is 4. The highest BCUT2D eigenvalue weighted by atomic mass is 19.3. The number of nitrogens with zero attached hydrogens (tertiary/aromatic N) is 5. The van der Waals surface area contributed by atoms with Gasteiger partial charge in [0.1, 0.15) is 24.6 Å². The molecule has 1 aromatic carbocycles. The van der Waals surface area contributed by atoms with Crippen LogP contribution in [-0.2, 0) is 17.8 Å². The number of urea groups is 1. The van der Waals surface area contributed by atoms with E-state index in [0.717, 1.165) is 4.90 Å². The Balaban J connectivity index is 1.30. The number of hydrogen-bond donors (Lipinski definition) is 2. The second kappa shape index (κ2) is 8.67.